The van der Waals surface area contributed by atoms with E-state index in [0.717, 1.165) is 0 Å². The van der Waals surface area contributed by atoms with Crippen molar-refractivity contribution in [3.8, 4) is 0 Å². The van der Waals surface area contributed by atoms with Crippen LogP contribution >= 0.6 is 11.6 Å². The lowest BCUT2D eigenvalue weighted by atomic mass is 9.85. The first-order chi connectivity index (χ1) is 11.6. The van der Waals surface area contributed by atoms with Crippen LogP contribution in [0.25, 0.3) is 0 Å². The van der Waals surface area contributed by atoms with E-state index in [1.165, 1.54) is 32.1 Å². The molecule has 6 heteroatoms. The molecule has 1 atom stereocenters. The Kier molecular flexibility index (Phi) is 7.37. The lowest BCUT2D eigenvalue weighted by molar-refractivity contribution is 0.0954. The summed E-state index contributed by atoms with van der Waals surface area (Å²) in [4.78, 5) is 23.9. The number of carbonyl (C=O) groups excluding carboxylic acids is 2. The van der Waals surface area contributed by atoms with Gasteiger partial charge >= 0.3 is 6.03 Å². The minimum absolute atomic E-state index is 0.180. The van der Waals surface area contributed by atoms with E-state index in [0.29, 0.717) is 29.6 Å². The molecule has 1 aromatic carbocycles. The monoisotopic (exact) mass is 351 g/mol. The molecule has 0 aromatic heterocycles. The van der Waals surface area contributed by atoms with Gasteiger partial charge in [-0.25, -0.2) is 4.79 Å². The molecule has 0 spiro atoms. The number of hydrogen-bond acceptors (Lipinski definition) is 2. The molecule has 0 bridgehead atoms. The van der Waals surface area contributed by atoms with Gasteiger partial charge in [-0.2, -0.15) is 0 Å². The van der Waals surface area contributed by atoms with Crippen molar-refractivity contribution in [1.82, 2.24) is 16.0 Å². The molecular weight excluding hydrogens is 326 g/mol. The van der Waals surface area contributed by atoms with Crippen molar-refractivity contribution < 1.29 is 9.59 Å². The lowest BCUT2D eigenvalue weighted by Crippen LogP contribution is -2.46. The quantitative estimate of drug-likeness (QED) is 0.688. The average Bonchev–Trinajstić information content (AvgIpc) is 2.59. The minimum atomic E-state index is -0.238. The van der Waals surface area contributed by atoms with Gasteiger partial charge in [0, 0.05) is 19.1 Å². The average molecular weight is 352 g/mol. The summed E-state index contributed by atoms with van der Waals surface area (Å²) in [5.41, 5.74) is 0.439. The Bertz CT molecular complexity index is 559. The smallest absolute Gasteiger partial charge is 0.315 e. The second-order valence-corrected chi connectivity index (χ2v) is 6.73. The molecule has 132 valence electrons. The molecule has 3 amide bonds. The highest BCUT2D eigenvalue weighted by Gasteiger charge is 2.21. The van der Waals surface area contributed by atoms with Crippen molar-refractivity contribution in [2.45, 2.75) is 45.1 Å². The molecule has 2 rings (SSSR count). The maximum absolute atomic E-state index is 12.0. The lowest BCUT2D eigenvalue weighted by Gasteiger charge is -2.28. The Hall–Kier alpha value is -1.75. The summed E-state index contributed by atoms with van der Waals surface area (Å²) < 4.78 is 0. The fourth-order valence-corrected chi connectivity index (χ4v) is 3.32. The standard InChI is InChI=1S/C18H26ClN3O2/c1-13(14-7-3-2-4-8-14)22-18(24)21-12-11-20-17(23)15-9-5-6-10-16(15)19/h5-6,9-10,13-14H,2-4,7-8,11-12H2,1H3,(H,20,23)(H2,21,22,24)/t13-/m0/s1. The largest absolute Gasteiger partial charge is 0.350 e. The molecule has 1 fully saturated rings. The van der Waals surface area contributed by atoms with E-state index in [4.69, 9.17) is 11.6 Å². The molecule has 5 nitrogen and oxygen atoms in total. The first kappa shape index (κ1) is 18.6. The number of halogens is 1. The number of amides is 3. The maximum Gasteiger partial charge on any atom is 0.315 e. The number of benzene rings is 1. The van der Waals surface area contributed by atoms with Crippen LogP contribution in [0.1, 0.15) is 49.4 Å². The Morgan fingerprint density at radius 1 is 1.12 bits per heavy atom. The van der Waals surface area contributed by atoms with Crippen molar-refractivity contribution in [3.63, 3.8) is 0 Å². The Labute approximate surface area is 148 Å². The second kappa shape index (κ2) is 9.52. The molecule has 0 heterocycles. The van der Waals surface area contributed by atoms with E-state index in [1.807, 2.05) is 0 Å². The summed E-state index contributed by atoms with van der Waals surface area (Å²) in [5.74, 6) is 0.336. The van der Waals surface area contributed by atoms with Gasteiger partial charge in [0.2, 0.25) is 0 Å². The topological polar surface area (TPSA) is 70.2 Å². The van der Waals surface area contributed by atoms with Crippen LogP contribution < -0.4 is 16.0 Å². The summed E-state index contributed by atoms with van der Waals surface area (Å²) >= 11 is 5.97. The molecule has 1 aromatic rings. The number of carbonyl (C=O) groups is 2. The van der Waals surface area contributed by atoms with Gasteiger partial charge in [0.1, 0.15) is 0 Å². The summed E-state index contributed by atoms with van der Waals surface area (Å²) in [6, 6.07) is 6.89. The van der Waals surface area contributed by atoms with Crippen molar-refractivity contribution in [3.05, 3.63) is 34.9 Å². The maximum atomic E-state index is 12.0. The third-order valence-electron chi connectivity index (χ3n) is 4.53. The summed E-state index contributed by atoms with van der Waals surface area (Å²) in [6.07, 6.45) is 6.20. The number of hydrogen-bond donors (Lipinski definition) is 3. The van der Waals surface area contributed by atoms with Crippen molar-refractivity contribution >= 4 is 23.5 Å². The number of urea groups is 1. The molecule has 3 N–H and O–H groups in total. The van der Waals surface area contributed by atoms with E-state index in [-0.39, 0.29) is 18.0 Å². The molecular formula is C18H26ClN3O2. The predicted molar refractivity (Wildman–Crippen MR) is 96.4 cm³/mol. The molecule has 0 radical (unpaired) electrons. The summed E-state index contributed by atoms with van der Waals surface area (Å²) in [6.45, 7) is 2.80. The van der Waals surface area contributed by atoms with Gasteiger partial charge in [0.05, 0.1) is 10.6 Å². The second-order valence-electron chi connectivity index (χ2n) is 6.32. The van der Waals surface area contributed by atoms with E-state index in [2.05, 4.69) is 22.9 Å². The highest BCUT2D eigenvalue weighted by molar-refractivity contribution is 6.33. The van der Waals surface area contributed by atoms with Crippen LogP contribution in [0.4, 0.5) is 4.79 Å². The predicted octanol–water partition coefficient (Wildman–Crippen LogP) is 3.34. The Balaban J connectivity index is 1.64. The first-order valence-corrected chi connectivity index (χ1v) is 9.03. The molecule has 0 aliphatic heterocycles. The highest BCUT2D eigenvalue weighted by Crippen LogP contribution is 2.26. The third kappa shape index (κ3) is 5.71. The normalized spacial score (nSPS) is 16.2. The minimum Gasteiger partial charge on any atom is -0.350 e. The zero-order valence-electron chi connectivity index (χ0n) is 14.1. The Morgan fingerprint density at radius 2 is 1.79 bits per heavy atom. The molecule has 0 unspecified atom stereocenters. The van der Waals surface area contributed by atoms with E-state index >= 15 is 0 Å². The van der Waals surface area contributed by atoms with Crippen molar-refractivity contribution in [2.24, 2.45) is 5.92 Å². The van der Waals surface area contributed by atoms with Crippen LogP contribution in [0.3, 0.4) is 0 Å². The van der Waals surface area contributed by atoms with Crippen molar-refractivity contribution in [1.29, 1.82) is 0 Å². The zero-order valence-corrected chi connectivity index (χ0v) is 14.9. The van der Waals surface area contributed by atoms with Crippen LogP contribution in [0, 0.1) is 5.92 Å². The van der Waals surface area contributed by atoms with E-state index in [1.54, 1.807) is 24.3 Å². The van der Waals surface area contributed by atoms with Crippen LogP contribution in [0.15, 0.2) is 24.3 Å². The third-order valence-corrected chi connectivity index (χ3v) is 4.86. The van der Waals surface area contributed by atoms with Gasteiger partial charge in [-0.05, 0) is 37.8 Å². The Morgan fingerprint density at radius 3 is 2.50 bits per heavy atom. The fraction of sp³-hybridized carbons (Fsp3) is 0.556. The zero-order chi connectivity index (χ0) is 17.4. The molecule has 24 heavy (non-hydrogen) atoms. The number of rotatable bonds is 6. The first-order valence-electron chi connectivity index (χ1n) is 8.65. The van der Waals surface area contributed by atoms with Crippen LogP contribution in [-0.2, 0) is 0 Å². The van der Waals surface area contributed by atoms with Crippen LogP contribution in [-0.4, -0.2) is 31.1 Å². The molecule has 1 aliphatic rings. The van der Waals surface area contributed by atoms with E-state index in [9.17, 15) is 9.59 Å². The molecule has 0 saturated heterocycles. The molecule has 1 aliphatic carbocycles. The van der Waals surface area contributed by atoms with Gasteiger partial charge in [0.15, 0.2) is 0 Å². The van der Waals surface area contributed by atoms with E-state index < -0.39 is 0 Å². The van der Waals surface area contributed by atoms with Gasteiger partial charge in [-0.15, -0.1) is 0 Å². The van der Waals surface area contributed by atoms with Gasteiger partial charge in [-0.1, -0.05) is 43.0 Å². The summed E-state index contributed by atoms with van der Waals surface area (Å²) in [5, 5.41) is 8.94. The van der Waals surface area contributed by atoms with Gasteiger partial charge in [0.25, 0.3) is 5.91 Å². The fourth-order valence-electron chi connectivity index (χ4n) is 3.10. The molecule has 1 saturated carbocycles. The highest BCUT2D eigenvalue weighted by atomic mass is 35.5. The number of nitrogens with one attached hydrogen (secondary N) is 3. The van der Waals surface area contributed by atoms with Crippen LogP contribution in [0.2, 0.25) is 5.02 Å². The van der Waals surface area contributed by atoms with Gasteiger partial charge in [-0.3, -0.25) is 4.79 Å². The SMILES string of the molecule is C[C@H](NC(=O)NCCNC(=O)c1ccccc1Cl)C1CCCCC1. The van der Waals surface area contributed by atoms with Gasteiger partial charge < -0.3 is 16.0 Å². The summed E-state index contributed by atoms with van der Waals surface area (Å²) in [7, 11) is 0. The van der Waals surface area contributed by atoms with Crippen LogP contribution in [0.5, 0.6) is 0 Å². The van der Waals surface area contributed by atoms with Crippen molar-refractivity contribution in [2.75, 3.05) is 13.1 Å².